The van der Waals surface area contributed by atoms with E-state index in [2.05, 4.69) is 11.8 Å². The van der Waals surface area contributed by atoms with Crippen LogP contribution in [0.2, 0.25) is 0 Å². The largest absolute Gasteiger partial charge is 0.368 e. The van der Waals surface area contributed by atoms with Crippen LogP contribution in [-0.2, 0) is 0 Å². The molecular formula is C17H27FN2. The Morgan fingerprint density at radius 1 is 1.35 bits per heavy atom. The van der Waals surface area contributed by atoms with Crippen molar-refractivity contribution in [1.29, 1.82) is 0 Å². The Kier molecular flexibility index (Phi) is 5.03. The minimum Gasteiger partial charge on any atom is -0.368 e. The van der Waals surface area contributed by atoms with Crippen molar-refractivity contribution in [2.75, 3.05) is 11.4 Å². The molecule has 112 valence electrons. The minimum atomic E-state index is -0.149. The molecule has 0 spiro atoms. The van der Waals surface area contributed by atoms with E-state index in [1.807, 2.05) is 19.9 Å². The lowest BCUT2D eigenvalue weighted by molar-refractivity contribution is 0.551. The monoisotopic (exact) mass is 278 g/mol. The number of anilines is 1. The van der Waals surface area contributed by atoms with Crippen LogP contribution in [0.1, 0.15) is 63.1 Å². The fourth-order valence-electron chi connectivity index (χ4n) is 3.21. The van der Waals surface area contributed by atoms with Crippen LogP contribution in [-0.4, -0.2) is 12.6 Å². The molecule has 1 aliphatic heterocycles. The van der Waals surface area contributed by atoms with Crippen LogP contribution in [0, 0.1) is 12.7 Å². The van der Waals surface area contributed by atoms with Gasteiger partial charge in [0, 0.05) is 24.3 Å². The van der Waals surface area contributed by atoms with Gasteiger partial charge in [0.2, 0.25) is 0 Å². The summed E-state index contributed by atoms with van der Waals surface area (Å²) in [5, 5.41) is 0. The zero-order valence-corrected chi connectivity index (χ0v) is 13.0. The topological polar surface area (TPSA) is 29.3 Å². The van der Waals surface area contributed by atoms with E-state index >= 15 is 0 Å². The number of rotatable bonds is 3. The van der Waals surface area contributed by atoms with Gasteiger partial charge in [0.25, 0.3) is 0 Å². The van der Waals surface area contributed by atoms with Crippen molar-refractivity contribution < 1.29 is 4.39 Å². The second-order valence-corrected chi connectivity index (χ2v) is 6.05. The predicted molar refractivity (Wildman–Crippen MR) is 83.6 cm³/mol. The first-order valence-electron chi connectivity index (χ1n) is 7.86. The summed E-state index contributed by atoms with van der Waals surface area (Å²) in [5.41, 5.74) is 8.87. The predicted octanol–water partition coefficient (Wildman–Crippen LogP) is 4.31. The quantitative estimate of drug-likeness (QED) is 0.892. The van der Waals surface area contributed by atoms with Crippen LogP contribution < -0.4 is 10.6 Å². The third-order valence-electron chi connectivity index (χ3n) is 4.46. The van der Waals surface area contributed by atoms with Crippen LogP contribution >= 0.6 is 0 Å². The van der Waals surface area contributed by atoms with Crippen molar-refractivity contribution in [3.8, 4) is 0 Å². The summed E-state index contributed by atoms with van der Waals surface area (Å²) >= 11 is 0. The van der Waals surface area contributed by atoms with E-state index in [4.69, 9.17) is 5.73 Å². The Balaban J connectivity index is 2.45. The summed E-state index contributed by atoms with van der Waals surface area (Å²) in [6.45, 7) is 7.07. The Morgan fingerprint density at radius 3 is 2.75 bits per heavy atom. The third kappa shape index (κ3) is 3.14. The maximum absolute atomic E-state index is 13.9. The Morgan fingerprint density at radius 2 is 2.10 bits per heavy atom. The first-order chi connectivity index (χ1) is 9.54. The molecule has 1 aliphatic rings. The lowest BCUT2D eigenvalue weighted by atomic mass is 10.00. The molecule has 2 N–H and O–H groups in total. The number of nitrogens with zero attached hydrogens (tertiary/aromatic N) is 1. The number of hydrogen-bond acceptors (Lipinski definition) is 2. The summed E-state index contributed by atoms with van der Waals surface area (Å²) in [4.78, 5) is 2.47. The van der Waals surface area contributed by atoms with Gasteiger partial charge in [-0.1, -0.05) is 19.8 Å². The van der Waals surface area contributed by atoms with Crippen LogP contribution in [0.15, 0.2) is 12.1 Å². The zero-order valence-electron chi connectivity index (χ0n) is 13.0. The standard InChI is InChI=1S/C17H27FN2/c1-4-14-8-6-5-7-9-20(14)17-10-12(2)16(18)11-15(17)13(3)19/h10-11,13-14H,4-9,19H2,1-3H3/t13-,14?/m1/s1. The maximum atomic E-state index is 13.9. The van der Waals surface area contributed by atoms with E-state index < -0.39 is 0 Å². The molecule has 0 radical (unpaired) electrons. The van der Waals surface area contributed by atoms with Gasteiger partial charge in [0.05, 0.1) is 0 Å². The lowest BCUT2D eigenvalue weighted by Crippen LogP contribution is -2.35. The van der Waals surface area contributed by atoms with E-state index in [-0.39, 0.29) is 11.9 Å². The summed E-state index contributed by atoms with van der Waals surface area (Å²) in [6, 6.07) is 4.04. The molecular weight excluding hydrogens is 251 g/mol. The molecule has 0 aliphatic carbocycles. The molecule has 1 fully saturated rings. The summed E-state index contributed by atoms with van der Waals surface area (Å²) < 4.78 is 13.9. The molecule has 0 aromatic heterocycles. The number of halogens is 1. The fraction of sp³-hybridized carbons (Fsp3) is 0.647. The molecule has 0 bridgehead atoms. The maximum Gasteiger partial charge on any atom is 0.126 e. The Labute approximate surface area is 122 Å². The zero-order chi connectivity index (χ0) is 14.7. The lowest BCUT2D eigenvalue weighted by Gasteiger charge is -2.34. The van der Waals surface area contributed by atoms with Crippen molar-refractivity contribution in [2.24, 2.45) is 5.73 Å². The molecule has 0 saturated carbocycles. The highest BCUT2D eigenvalue weighted by Gasteiger charge is 2.23. The number of aryl methyl sites for hydroxylation is 1. The molecule has 2 rings (SSSR count). The second-order valence-electron chi connectivity index (χ2n) is 6.05. The van der Waals surface area contributed by atoms with Gasteiger partial charge in [-0.05, 0) is 56.4 Å². The highest BCUT2D eigenvalue weighted by molar-refractivity contribution is 5.58. The average Bonchev–Trinajstić information content (AvgIpc) is 2.66. The third-order valence-corrected chi connectivity index (χ3v) is 4.46. The molecule has 1 unspecified atom stereocenters. The molecule has 1 heterocycles. The molecule has 1 saturated heterocycles. The first-order valence-corrected chi connectivity index (χ1v) is 7.86. The van der Waals surface area contributed by atoms with Gasteiger partial charge >= 0.3 is 0 Å². The number of benzene rings is 1. The second kappa shape index (κ2) is 6.57. The van der Waals surface area contributed by atoms with Crippen LogP contribution in [0.25, 0.3) is 0 Å². The average molecular weight is 278 g/mol. The van der Waals surface area contributed by atoms with E-state index in [0.717, 1.165) is 24.2 Å². The van der Waals surface area contributed by atoms with E-state index in [1.54, 1.807) is 6.07 Å². The van der Waals surface area contributed by atoms with Gasteiger partial charge in [-0.25, -0.2) is 4.39 Å². The van der Waals surface area contributed by atoms with Gasteiger partial charge in [-0.3, -0.25) is 0 Å². The summed E-state index contributed by atoms with van der Waals surface area (Å²) in [5.74, 6) is -0.149. The van der Waals surface area contributed by atoms with Gasteiger partial charge in [-0.2, -0.15) is 0 Å². The van der Waals surface area contributed by atoms with E-state index in [1.165, 1.54) is 25.7 Å². The van der Waals surface area contributed by atoms with Gasteiger partial charge < -0.3 is 10.6 Å². The van der Waals surface area contributed by atoms with Gasteiger partial charge in [0.1, 0.15) is 5.82 Å². The number of nitrogens with two attached hydrogens (primary N) is 1. The summed E-state index contributed by atoms with van der Waals surface area (Å²) in [6.07, 6.45) is 6.16. The fourth-order valence-corrected chi connectivity index (χ4v) is 3.21. The highest BCUT2D eigenvalue weighted by atomic mass is 19.1. The molecule has 3 heteroatoms. The molecule has 1 aromatic rings. The first kappa shape index (κ1) is 15.3. The molecule has 2 atom stereocenters. The van der Waals surface area contributed by atoms with Crippen molar-refractivity contribution in [2.45, 2.75) is 65.0 Å². The normalized spacial score (nSPS) is 21.6. The smallest absolute Gasteiger partial charge is 0.126 e. The Hall–Kier alpha value is -1.09. The SMILES string of the molecule is CCC1CCCCCN1c1cc(C)c(F)cc1[C@@H](C)N. The van der Waals surface area contributed by atoms with Crippen molar-refractivity contribution in [3.63, 3.8) is 0 Å². The highest BCUT2D eigenvalue weighted by Crippen LogP contribution is 2.33. The van der Waals surface area contributed by atoms with Gasteiger partial charge in [0.15, 0.2) is 0 Å². The van der Waals surface area contributed by atoms with E-state index in [9.17, 15) is 4.39 Å². The minimum absolute atomic E-state index is 0.138. The molecule has 2 nitrogen and oxygen atoms in total. The van der Waals surface area contributed by atoms with Crippen LogP contribution in [0.4, 0.5) is 10.1 Å². The van der Waals surface area contributed by atoms with Crippen molar-refractivity contribution in [1.82, 2.24) is 0 Å². The van der Waals surface area contributed by atoms with E-state index in [0.29, 0.717) is 11.6 Å². The summed E-state index contributed by atoms with van der Waals surface area (Å²) in [7, 11) is 0. The molecule has 1 aromatic carbocycles. The van der Waals surface area contributed by atoms with Crippen LogP contribution in [0.3, 0.4) is 0 Å². The Bertz CT molecular complexity index is 457. The van der Waals surface area contributed by atoms with Gasteiger partial charge in [-0.15, -0.1) is 0 Å². The van der Waals surface area contributed by atoms with Crippen molar-refractivity contribution >= 4 is 5.69 Å². The molecule has 0 amide bonds. The van der Waals surface area contributed by atoms with Crippen molar-refractivity contribution in [3.05, 3.63) is 29.1 Å². The number of hydrogen-bond donors (Lipinski definition) is 1. The molecule has 20 heavy (non-hydrogen) atoms. The van der Waals surface area contributed by atoms with Crippen LogP contribution in [0.5, 0.6) is 0 Å².